The van der Waals surface area contributed by atoms with E-state index < -0.39 is 0 Å². The van der Waals surface area contributed by atoms with Crippen molar-refractivity contribution in [3.05, 3.63) is 59.7 Å². The van der Waals surface area contributed by atoms with Gasteiger partial charge in [-0.1, -0.05) is 62.4 Å². The maximum Gasteiger partial charge on any atom is 0.140 e. The molecule has 0 amide bonds. The Kier molecular flexibility index (Phi) is 4.53. The van der Waals surface area contributed by atoms with Crippen LogP contribution >= 0.6 is 0 Å². The fourth-order valence-electron chi connectivity index (χ4n) is 2.32. The summed E-state index contributed by atoms with van der Waals surface area (Å²) in [5, 5.41) is 7.87. The molecule has 0 spiro atoms. The molecule has 0 aromatic heterocycles. The second kappa shape index (κ2) is 6.35. The summed E-state index contributed by atoms with van der Waals surface area (Å²) < 4.78 is 0. The standard InChI is InChI=1S/C17H21N3/c1-12(2)11-13-7-9-14(10-8-13)15-5-3-4-6-16(15)17(18)20-19/h3-10,12H,11,19H2,1-2H3,(H2,18,20). The van der Waals surface area contributed by atoms with Gasteiger partial charge < -0.3 is 5.43 Å². The molecule has 3 nitrogen and oxygen atoms in total. The van der Waals surface area contributed by atoms with Crippen LogP contribution in [0.15, 0.2) is 48.5 Å². The molecule has 0 bridgehead atoms. The molecule has 3 heteroatoms. The Hall–Kier alpha value is -2.13. The van der Waals surface area contributed by atoms with Gasteiger partial charge in [0.15, 0.2) is 0 Å². The van der Waals surface area contributed by atoms with E-state index in [1.807, 2.05) is 24.3 Å². The second-order valence-electron chi connectivity index (χ2n) is 5.36. The lowest BCUT2D eigenvalue weighted by atomic mass is 9.96. The van der Waals surface area contributed by atoms with Crippen LogP contribution in [0.1, 0.15) is 25.0 Å². The number of rotatable bonds is 4. The number of benzene rings is 2. The van der Waals surface area contributed by atoms with E-state index in [0.717, 1.165) is 23.1 Å². The van der Waals surface area contributed by atoms with Crippen molar-refractivity contribution in [2.24, 2.45) is 11.8 Å². The van der Waals surface area contributed by atoms with Crippen LogP contribution in [-0.4, -0.2) is 5.84 Å². The van der Waals surface area contributed by atoms with Crippen LogP contribution in [0.2, 0.25) is 0 Å². The van der Waals surface area contributed by atoms with E-state index in [0.29, 0.717) is 5.92 Å². The van der Waals surface area contributed by atoms with Crippen molar-refractivity contribution >= 4 is 5.84 Å². The van der Waals surface area contributed by atoms with Gasteiger partial charge in [-0.15, -0.1) is 0 Å². The molecule has 2 aromatic rings. The molecule has 0 heterocycles. The van der Waals surface area contributed by atoms with Gasteiger partial charge in [0.1, 0.15) is 5.84 Å². The molecule has 2 rings (SSSR count). The molecule has 0 unspecified atom stereocenters. The Labute approximate surface area is 120 Å². The number of hydrazine groups is 1. The van der Waals surface area contributed by atoms with E-state index >= 15 is 0 Å². The van der Waals surface area contributed by atoms with Crippen molar-refractivity contribution in [2.45, 2.75) is 20.3 Å². The predicted molar refractivity (Wildman–Crippen MR) is 84.6 cm³/mol. The Morgan fingerprint density at radius 1 is 1.10 bits per heavy atom. The normalized spacial score (nSPS) is 10.6. The van der Waals surface area contributed by atoms with Gasteiger partial charge in [0.05, 0.1) is 0 Å². The minimum Gasteiger partial charge on any atom is -0.308 e. The first-order chi connectivity index (χ1) is 9.61. The highest BCUT2D eigenvalue weighted by Crippen LogP contribution is 2.24. The highest BCUT2D eigenvalue weighted by atomic mass is 15.2. The number of nitrogens with two attached hydrogens (primary N) is 1. The van der Waals surface area contributed by atoms with Gasteiger partial charge in [-0.05, 0) is 29.0 Å². The average Bonchev–Trinajstić information content (AvgIpc) is 2.46. The first-order valence-corrected chi connectivity index (χ1v) is 6.85. The second-order valence-corrected chi connectivity index (χ2v) is 5.36. The molecule has 2 aromatic carbocycles. The van der Waals surface area contributed by atoms with Crippen molar-refractivity contribution in [2.75, 3.05) is 0 Å². The van der Waals surface area contributed by atoms with Gasteiger partial charge in [0.25, 0.3) is 0 Å². The van der Waals surface area contributed by atoms with Crippen molar-refractivity contribution in [1.29, 1.82) is 5.41 Å². The van der Waals surface area contributed by atoms with Crippen molar-refractivity contribution in [3.8, 4) is 11.1 Å². The van der Waals surface area contributed by atoms with Crippen LogP contribution in [-0.2, 0) is 6.42 Å². The summed E-state index contributed by atoms with van der Waals surface area (Å²) in [4.78, 5) is 0. The SMILES string of the molecule is CC(C)Cc1ccc(-c2ccccc2C(=N)NN)cc1. The molecule has 20 heavy (non-hydrogen) atoms. The lowest BCUT2D eigenvalue weighted by Crippen LogP contribution is -2.30. The topological polar surface area (TPSA) is 61.9 Å². The van der Waals surface area contributed by atoms with Crippen molar-refractivity contribution in [3.63, 3.8) is 0 Å². The number of hydrogen-bond donors (Lipinski definition) is 3. The lowest BCUT2D eigenvalue weighted by molar-refractivity contribution is 0.647. The molecule has 0 fully saturated rings. The molecule has 0 radical (unpaired) electrons. The largest absolute Gasteiger partial charge is 0.308 e. The van der Waals surface area contributed by atoms with Gasteiger partial charge in [-0.2, -0.15) is 0 Å². The zero-order valence-corrected chi connectivity index (χ0v) is 12.0. The Balaban J connectivity index is 2.34. The van der Waals surface area contributed by atoms with E-state index in [-0.39, 0.29) is 5.84 Å². The third-order valence-corrected chi connectivity index (χ3v) is 3.25. The first kappa shape index (κ1) is 14.3. The fraction of sp³-hybridized carbons (Fsp3) is 0.235. The summed E-state index contributed by atoms with van der Waals surface area (Å²) in [5.74, 6) is 6.24. The Morgan fingerprint density at radius 2 is 1.75 bits per heavy atom. The number of nitrogens with one attached hydrogen (secondary N) is 2. The van der Waals surface area contributed by atoms with E-state index in [4.69, 9.17) is 11.3 Å². The molecule has 0 saturated heterocycles. The highest BCUT2D eigenvalue weighted by Gasteiger charge is 2.08. The molecule has 0 atom stereocenters. The molecule has 0 aliphatic carbocycles. The van der Waals surface area contributed by atoms with Crippen LogP contribution < -0.4 is 11.3 Å². The maximum atomic E-state index is 7.87. The van der Waals surface area contributed by atoms with Gasteiger partial charge in [0.2, 0.25) is 0 Å². The summed E-state index contributed by atoms with van der Waals surface area (Å²) in [5.41, 5.74) is 6.69. The van der Waals surface area contributed by atoms with Crippen molar-refractivity contribution < 1.29 is 0 Å². The molecule has 0 aliphatic rings. The molecule has 4 N–H and O–H groups in total. The summed E-state index contributed by atoms with van der Waals surface area (Å²) in [6, 6.07) is 16.3. The lowest BCUT2D eigenvalue weighted by Gasteiger charge is -2.11. The number of hydrogen-bond acceptors (Lipinski definition) is 2. The summed E-state index contributed by atoms with van der Waals surface area (Å²) >= 11 is 0. The molecule has 0 saturated carbocycles. The predicted octanol–water partition coefficient (Wildman–Crippen LogP) is 3.34. The van der Waals surface area contributed by atoms with Gasteiger partial charge in [-0.25, -0.2) is 5.84 Å². The zero-order chi connectivity index (χ0) is 14.5. The molecular weight excluding hydrogens is 246 g/mol. The average molecular weight is 267 g/mol. The third kappa shape index (κ3) is 3.25. The summed E-state index contributed by atoms with van der Waals surface area (Å²) in [6.45, 7) is 4.44. The molecular formula is C17H21N3. The quantitative estimate of drug-likeness (QED) is 0.344. The fourth-order valence-corrected chi connectivity index (χ4v) is 2.32. The summed E-state index contributed by atoms with van der Waals surface area (Å²) in [6.07, 6.45) is 1.09. The smallest absolute Gasteiger partial charge is 0.140 e. The minimum absolute atomic E-state index is 0.229. The van der Waals surface area contributed by atoms with Crippen molar-refractivity contribution in [1.82, 2.24) is 5.43 Å². The van der Waals surface area contributed by atoms with E-state index in [9.17, 15) is 0 Å². The number of amidine groups is 1. The monoisotopic (exact) mass is 267 g/mol. The third-order valence-electron chi connectivity index (χ3n) is 3.25. The molecule has 104 valence electrons. The van der Waals surface area contributed by atoms with E-state index in [1.54, 1.807) is 0 Å². The van der Waals surface area contributed by atoms with E-state index in [2.05, 4.69) is 43.5 Å². The summed E-state index contributed by atoms with van der Waals surface area (Å²) in [7, 11) is 0. The highest BCUT2D eigenvalue weighted by molar-refractivity contribution is 6.02. The van der Waals surface area contributed by atoms with Gasteiger partial charge >= 0.3 is 0 Å². The van der Waals surface area contributed by atoms with Crippen LogP contribution in [0.4, 0.5) is 0 Å². The van der Waals surface area contributed by atoms with Crippen LogP contribution in [0.3, 0.4) is 0 Å². The Morgan fingerprint density at radius 3 is 2.35 bits per heavy atom. The van der Waals surface area contributed by atoms with Crippen LogP contribution in [0.25, 0.3) is 11.1 Å². The van der Waals surface area contributed by atoms with Crippen LogP contribution in [0, 0.1) is 11.3 Å². The van der Waals surface area contributed by atoms with Crippen LogP contribution in [0.5, 0.6) is 0 Å². The minimum atomic E-state index is 0.229. The maximum absolute atomic E-state index is 7.87. The zero-order valence-electron chi connectivity index (χ0n) is 12.0. The first-order valence-electron chi connectivity index (χ1n) is 6.85. The Bertz CT molecular complexity index is 585. The van der Waals surface area contributed by atoms with Gasteiger partial charge in [0, 0.05) is 5.56 Å². The molecule has 0 aliphatic heterocycles. The van der Waals surface area contributed by atoms with Gasteiger partial charge in [-0.3, -0.25) is 5.41 Å². The van der Waals surface area contributed by atoms with E-state index in [1.165, 1.54) is 5.56 Å².